The Morgan fingerprint density at radius 3 is 2.35 bits per heavy atom. The minimum Gasteiger partial charge on any atom is -0.399 e. The number of hydrogen-bond donors (Lipinski definition) is 2. The SMILES string of the molecule is CC1CCCCC1Nc1c(Cl)cc(N)cc1Cl. The molecule has 2 rings (SSSR count). The highest BCUT2D eigenvalue weighted by Gasteiger charge is 2.22. The van der Waals surface area contributed by atoms with Gasteiger partial charge in [0.05, 0.1) is 15.7 Å². The lowest BCUT2D eigenvalue weighted by Gasteiger charge is -2.31. The normalized spacial score (nSPS) is 24.6. The van der Waals surface area contributed by atoms with E-state index in [-0.39, 0.29) is 0 Å². The van der Waals surface area contributed by atoms with Crippen LogP contribution in [0.15, 0.2) is 12.1 Å². The lowest BCUT2D eigenvalue weighted by Crippen LogP contribution is -2.30. The first kappa shape index (κ1) is 12.8. The summed E-state index contributed by atoms with van der Waals surface area (Å²) in [7, 11) is 0. The van der Waals surface area contributed by atoms with Crippen LogP contribution in [0.3, 0.4) is 0 Å². The van der Waals surface area contributed by atoms with Crippen LogP contribution in [0.25, 0.3) is 0 Å². The molecule has 2 unspecified atom stereocenters. The molecule has 17 heavy (non-hydrogen) atoms. The number of halogens is 2. The van der Waals surface area contributed by atoms with Gasteiger partial charge in [-0.3, -0.25) is 0 Å². The third-order valence-corrected chi connectivity index (χ3v) is 4.10. The summed E-state index contributed by atoms with van der Waals surface area (Å²) >= 11 is 12.3. The highest BCUT2D eigenvalue weighted by Crippen LogP contribution is 2.36. The second kappa shape index (κ2) is 5.36. The number of rotatable bonds is 2. The van der Waals surface area contributed by atoms with Gasteiger partial charge in [0.1, 0.15) is 0 Å². The number of benzene rings is 1. The van der Waals surface area contributed by atoms with Crippen molar-refractivity contribution >= 4 is 34.6 Å². The Morgan fingerprint density at radius 1 is 1.18 bits per heavy atom. The molecule has 2 atom stereocenters. The summed E-state index contributed by atoms with van der Waals surface area (Å²) in [5, 5.41) is 4.68. The number of nitrogen functional groups attached to an aromatic ring is 1. The van der Waals surface area contributed by atoms with Gasteiger partial charge in [-0.1, -0.05) is 43.0 Å². The Hall–Kier alpha value is -0.600. The first-order valence-electron chi connectivity index (χ1n) is 6.09. The standard InChI is InChI=1S/C13H18Cl2N2/c1-8-4-2-3-5-12(8)17-13-10(14)6-9(16)7-11(13)15/h6-8,12,17H,2-5,16H2,1H3. The zero-order chi connectivity index (χ0) is 12.4. The monoisotopic (exact) mass is 272 g/mol. The first-order valence-corrected chi connectivity index (χ1v) is 6.84. The van der Waals surface area contributed by atoms with E-state index in [0.717, 1.165) is 5.69 Å². The molecule has 1 fully saturated rings. The van der Waals surface area contributed by atoms with E-state index in [0.29, 0.717) is 27.7 Å². The summed E-state index contributed by atoms with van der Waals surface area (Å²) in [5.74, 6) is 0.661. The fourth-order valence-electron chi connectivity index (χ4n) is 2.45. The Balaban J connectivity index is 2.17. The molecular formula is C13H18Cl2N2. The molecular weight excluding hydrogens is 255 g/mol. The average molecular weight is 273 g/mol. The van der Waals surface area contributed by atoms with Gasteiger partial charge in [0.15, 0.2) is 0 Å². The molecule has 0 saturated heterocycles. The van der Waals surface area contributed by atoms with E-state index in [2.05, 4.69) is 12.2 Å². The molecule has 0 spiro atoms. The van der Waals surface area contributed by atoms with Gasteiger partial charge in [-0.2, -0.15) is 0 Å². The minimum atomic E-state index is 0.461. The molecule has 1 saturated carbocycles. The van der Waals surface area contributed by atoms with Crippen LogP contribution < -0.4 is 11.1 Å². The summed E-state index contributed by atoms with van der Waals surface area (Å²) in [6.07, 6.45) is 5.04. The summed E-state index contributed by atoms with van der Waals surface area (Å²) in [6, 6.07) is 3.94. The highest BCUT2D eigenvalue weighted by molar-refractivity contribution is 6.39. The van der Waals surface area contributed by atoms with Crippen molar-refractivity contribution < 1.29 is 0 Å². The Bertz CT molecular complexity index is 383. The molecule has 1 aromatic rings. The molecule has 2 nitrogen and oxygen atoms in total. The second-order valence-electron chi connectivity index (χ2n) is 4.87. The average Bonchev–Trinajstić information content (AvgIpc) is 2.25. The van der Waals surface area contributed by atoms with Gasteiger partial charge in [-0.25, -0.2) is 0 Å². The van der Waals surface area contributed by atoms with Crippen LogP contribution in [0.4, 0.5) is 11.4 Å². The third kappa shape index (κ3) is 2.99. The van der Waals surface area contributed by atoms with E-state index < -0.39 is 0 Å². The lowest BCUT2D eigenvalue weighted by molar-refractivity contribution is 0.349. The first-order chi connectivity index (χ1) is 8.08. The molecule has 0 aromatic heterocycles. The fourth-order valence-corrected chi connectivity index (χ4v) is 3.06. The van der Waals surface area contributed by atoms with E-state index in [9.17, 15) is 0 Å². The number of hydrogen-bond acceptors (Lipinski definition) is 2. The molecule has 94 valence electrons. The van der Waals surface area contributed by atoms with Crippen LogP contribution >= 0.6 is 23.2 Å². The fraction of sp³-hybridized carbons (Fsp3) is 0.538. The van der Waals surface area contributed by atoms with Gasteiger partial charge in [0.2, 0.25) is 0 Å². The molecule has 1 aliphatic carbocycles. The molecule has 0 bridgehead atoms. The zero-order valence-electron chi connectivity index (χ0n) is 9.97. The van der Waals surface area contributed by atoms with E-state index in [4.69, 9.17) is 28.9 Å². The van der Waals surface area contributed by atoms with Crippen molar-refractivity contribution in [2.75, 3.05) is 11.1 Å². The maximum atomic E-state index is 6.17. The minimum absolute atomic E-state index is 0.461. The van der Waals surface area contributed by atoms with Crippen molar-refractivity contribution in [1.29, 1.82) is 0 Å². The Kier molecular flexibility index (Phi) is 4.05. The van der Waals surface area contributed by atoms with Crippen molar-refractivity contribution in [2.45, 2.75) is 38.6 Å². The van der Waals surface area contributed by atoms with E-state index in [1.807, 2.05) is 0 Å². The highest BCUT2D eigenvalue weighted by atomic mass is 35.5. The van der Waals surface area contributed by atoms with Crippen molar-refractivity contribution in [1.82, 2.24) is 0 Å². The van der Waals surface area contributed by atoms with Crippen LogP contribution in [0.1, 0.15) is 32.6 Å². The maximum Gasteiger partial charge on any atom is 0.0722 e. The summed E-state index contributed by atoms with van der Waals surface area (Å²) in [5.41, 5.74) is 7.11. The molecule has 0 aliphatic heterocycles. The quantitative estimate of drug-likeness (QED) is 0.775. The molecule has 0 heterocycles. The molecule has 1 aliphatic rings. The zero-order valence-corrected chi connectivity index (χ0v) is 11.5. The number of nitrogens with one attached hydrogen (secondary N) is 1. The topological polar surface area (TPSA) is 38.0 Å². The van der Waals surface area contributed by atoms with Crippen molar-refractivity contribution in [2.24, 2.45) is 5.92 Å². The Morgan fingerprint density at radius 2 is 1.76 bits per heavy atom. The Labute approximate surface area is 112 Å². The largest absolute Gasteiger partial charge is 0.399 e. The summed E-state index contributed by atoms with van der Waals surface area (Å²) < 4.78 is 0. The molecule has 0 amide bonds. The van der Waals surface area contributed by atoms with E-state index in [1.54, 1.807) is 12.1 Å². The third-order valence-electron chi connectivity index (χ3n) is 3.51. The van der Waals surface area contributed by atoms with Gasteiger partial charge in [-0.05, 0) is 30.9 Å². The summed E-state index contributed by atoms with van der Waals surface area (Å²) in [4.78, 5) is 0. The van der Waals surface area contributed by atoms with Gasteiger partial charge in [0.25, 0.3) is 0 Å². The molecule has 4 heteroatoms. The smallest absolute Gasteiger partial charge is 0.0722 e. The van der Waals surface area contributed by atoms with Gasteiger partial charge in [0, 0.05) is 11.7 Å². The van der Waals surface area contributed by atoms with Crippen molar-refractivity contribution in [3.05, 3.63) is 22.2 Å². The molecule has 0 radical (unpaired) electrons. The van der Waals surface area contributed by atoms with Crippen molar-refractivity contribution in [3.63, 3.8) is 0 Å². The second-order valence-corrected chi connectivity index (χ2v) is 5.69. The lowest BCUT2D eigenvalue weighted by atomic mass is 9.86. The predicted molar refractivity (Wildman–Crippen MR) is 75.9 cm³/mol. The molecule has 1 aromatic carbocycles. The van der Waals surface area contributed by atoms with E-state index in [1.165, 1.54) is 25.7 Å². The predicted octanol–water partition coefficient (Wildman–Crippen LogP) is 4.57. The number of nitrogens with two attached hydrogens (primary N) is 1. The van der Waals surface area contributed by atoms with Gasteiger partial charge < -0.3 is 11.1 Å². The van der Waals surface area contributed by atoms with Crippen LogP contribution in [-0.2, 0) is 0 Å². The van der Waals surface area contributed by atoms with Gasteiger partial charge in [-0.15, -0.1) is 0 Å². The summed E-state index contributed by atoms with van der Waals surface area (Å²) in [6.45, 7) is 2.27. The molecule has 3 N–H and O–H groups in total. The van der Waals surface area contributed by atoms with Crippen LogP contribution in [-0.4, -0.2) is 6.04 Å². The van der Waals surface area contributed by atoms with Crippen LogP contribution in [0.2, 0.25) is 10.0 Å². The van der Waals surface area contributed by atoms with Crippen LogP contribution in [0, 0.1) is 5.92 Å². The maximum absolute atomic E-state index is 6.17. The van der Waals surface area contributed by atoms with E-state index >= 15 is 0 Å². The van der Waals surface area contributed by atoms with Crippen LogP contribution in [0.5, 0.6) is 0 Å². The number of anilines is 2. The van der Waals surface area contributed by atoms with Crippen molar-refractivity contribution in [3.8, 4) is 0 Å². The van der Waals surface area contributed by atoms with Gasteiger partial charge >= 0.3 is 0 Å².